The Balaban J connectivity index is 1.27. The van der Waals surface area contributed by atoms with E-state index < -0.39 is 0 Å². The molecule has 3 aromatic rings. The van der Waals surface area contributed by atoms with Crippen LogP contribution < -0.4 is 10.2 Å². The topological polar surface area (TPSA) is 48.5 Å². The number of pyridine rings is 1. The predicted molar refractivity (Wildman–Crippen MR) is 127 cm³/mol. The van der Waals surface area contributed by atoms with Crippen molar-refractivity contribution in [1.29, 1.82) is 0 Å². The second kappa shape index (κ2) is 8.31. The Morgan fingerprint density at radius 3 is 2.77 bits per heavy atom. The number of aryl methyl sites for hydroxylation is 1. The minimum Gasteiger partial charge on any atom is -0.370 e. The third-order valence-electron chi connectivity index (χ3n) is 6.91. The van der Waals surface area contributed by atoms with Gasteiger partial charge < -0.3 is 10.2 Å². The smallest absolute Gasteiger partial charge is 0.257 e. The van der Waals surface area contributed by atoms with Crippen molar-refractivity contribution in [2.24, 2.45) is 0 Å². The van der Waals surface area contributed by atoms with Gasteiger partial charge in [-0.1, -0.05) is 18.2 Å². The van der Waals surface area contributed by atoms with Crippen molar-refractivity contribution in [3.05, 3.63) is 65.9 Å². The fraction of sp³-hybridized carbons (Fsp3) is 0.385. The molecule has 31 heavy (non-hydrogen) atoms. The fourth-order valence-electron chi connectivity index (χ4n) is 5.12. The average Bonchev–Trinajstić information content (AvgIpc) is 3.43. The quantitative estimate of drug-likeness (QED) is 0.662. The molecule has 2 aromatic carbocycles. The van der Waals surface area contributed by atoms with Crippen molar-refractivity contribution < 1.29 is 4.79 Å². The predicted octanol–water partition coefficient (Wildman–Crippen LogP) is 4.86. The molecule has 3 heterocycles. The van der Waals surface area contributed by atoms with E-state index in [1.165, 1.54) is 31.5 Å². The molecular weight excluding hydrogens is 384 g/mol. The number of fused-ring (bicyclic) bond motifs is 1. The van der Waals surface area contributed by atoms with E-state index in [0.717, 1.165) is 35.2 Å². The summed E-state index contributed by atoms with van der Waals surface area (Å²) in [5.74, 6) is -0.127. The first kappa shape index (κ1) is 20.0. The summed E-state index contributed by atoms with van der Waals surface area (Å²) in [5, 5.41) is 4.03. The lowest BCUT2D eigenvalue weighted by Gasteiger charge is -2.28. The molecule has 1 aromatic heterocycles. The van der Waals surface area contributed by atoms with E-state index in [9.17, 15) is 4.79 Å². The zero-order chi connectivity index (χ0) is 21.4. The number of nitrogens with zero attached hydrogens (tertiary/aromatic N) is 3. The Bertz CT molecular complexity index is 1110. The molecule has 2 aliphatic rings. The molecule has 1 N–H and O–H groups in total. The first-order valence-electron chi connectivity index (χ1n) is 11.4. The third kappa shape index (κ3) is 4.02. The number of amides is 1. The number of nitrogens with one attached hydrogen (secondary N) is 1. The van der Waals surface area contributed by atoms with Crippen molar-refractivity contribution in [1.82, 2.24) is 9.88 Å². The molecule has 160 valence electrons. The highest BCUT2D eigenvalue weighted by Crippen LogP contribution is 2.30. The van der Waals surface area contributed by atoms with Gasteiger partial charge >= 0.3 is 0 Å². The van der Waals surface area contributed by atoms with E-state index in [1.54, 1.807) is 6.20 Å². The van der Waals surface area contributed by atoms with E-state index in [0.29, 0.717) is 17.6 Å². The molecule has 0 radical (unpaired) electrons. The van der Waals surface area contributed by atoms with Gasteiger partial charge in [0.15, 0.2) is 0 Å². The highest BCUT2D eigenvalue weighted by Gasteiger charge is 2.33. The van der Waals surface area contributed by atoms with Crippen LogP contribution >= 0.6 is 0 Å². The first-order valence-corrected chi connectivity index (χ1v) is 11.4. The van der Waals surface area contributed by atoms with Crippen molar-refractivity contribution in [2.45, 2.75) is 45.2 Å². The number of carbonyl (C=O) groups is 1. The number of hydrogen-bond donors (Lipinski definition) is 1. The summed E-state index contributed by atoms with van der Waals surface area (Å²) < 4.78 is 0. The van der Waals surface area contributed by atoms with Crippen LogP contribution in [0.4, 0.5) is 11.4 Å². The minimum atomic E-state index is -0.127. The summed E-state index contributed by atoms with van der Waals surface area (Å²) in [6.45, 7) is 7.86. The molecule has 1 amide bonds. The van der Waals surface area contributed by atoms with Crippen LogP contribution in [0.1, 0.15) is 42.1 Å². The van der Waals surface area contributed by atoms with E-state index in [-0.39, 0.29) is 5.91 Å². The number of carbonyl (C=O) groups excluding carboxylic acids is 1. The van der Waals surface area contributed by atoms with Gasteiger partial charge in [0.1, 0.15) is 0 Å². The standard InChI is InChI=1S/C26H30N4O/c1-18-14-22(29-13-11-23(17-29)30-12-5-6-19(30)2)9-10-24(18)28-26(31)21-15-20-7-3-4-8-25(20)27-16-21/h3-4,7-10,14-16,19,23H,5-6,11-13,17H2,1-2H3,(H,28,31). The SMILES string of the molecule is Cc1cc(N2CCC(N3CCCC3C)C2)ccc1NC(=O)c1cnc2ccccc2c1. The second-order valence-electron chi connectivity index (χ2n) is 8.99. The summed E-state index contributed by atoms with van der Waals surface area (Å²) in [7, 11) is 0. The van der Waals surface area contributed by atoms with E-state index in [2.05, 4.69) is 46.1 Å². The number of para-hydroxylation sites is 1. The van der Waals surface area contributed by atoms with Gasteiger partial charge in [0.25, 0.3) is 5.91 Å². The van der Waals surface area contributed by atoms with E-state index in [4.69, 9.17) is 0 Å². The minimum absolute atomic E-state index is 0.127. The molecule has 0 bridgehead atoms. The maximum Gasteiger partial charge on any atom is 0.257 e. The van der Waals surface area contributed by atoms with Crippen LogP contribution in [0.25, 0.3) is 10.9 Å². The second-order valence-corrected chi connectivity index (χ2v) is 8.99. The van der Waals surface area contributed by atoms with E-state index >= 15 is 0 Å². The van der Waals surface area contributed by atoms with Crippen LogP contribution in [0.3, 0.4) is 0 Å². The summed E-state index contributed by atoms with van der Waals surface area (Å²) in [6, 6.07) is 17.5. The Labute approximate surface area is 184 Å². The summed E-state index contributed by atoms with van der Waals surface area (Å²) in [4.78, 5) is 22.4. The molecule has 0 aliphatic carbocycles. The van der Waals surface area contributed by atoms with Gasteiger partial charge in [0.2, 0.25) is 0 Å². The molecule has 5 rings (SSSR count). The van der Waals surface area contributed by atoms with Crippen LogP contribution in [0.2, 0.25) is 0 Å². The highest BCUT2D eigenvalue weighted by molar-refractivity contribution is 6.06. The van der Waals surface area contributed by atoms with Crippen LogP contribution in [0, 0.1) is 6.92 Å². The van der Waals surface area contributed by atoms with Gasteiger partial charge in [-0.3, -0.25) is 14.7 Å². The number of aromatic nitrogens is 1. The lowest BCUT2D eigenvalue weighted by molar-refractivity contribution is 0.102. The summed E-state index contributed by atoms with van der Waals surface area (Å²) >= 11 is 0. The molecule has 5 heteroatoms. The largest absolute Gasteiger partial charge is 0.370 e. The zero-order valence-corrected chi connectivity index (χ0v) is 18.3. The number of benzene rings is 2. The zero-order valence-electron chi connectivity index (χ0n) is 18.3. The maximum atomic E-state index is 12.8. The van der Waals surface area contributed by atoms with Gasteiger partial charge in [-0.25, -0.2) is 0 Å². The molecule has 2 atom stereocenters. The number of anilines is 2. The normalized spacial score (nSPS) is 21.7. The first-order chi connectivity index (χ1) is 15.1. The van der Waals surface area contributed by atoms with Gasteiger partial charge in [-0.2, -0.15) is 0 Å². The Morgan fingerprint density at radius 2 is 1.97 bits per heavy atom. The Morgan fingerprint density at radius 1 is 1.10 bits per heavy atom. The average molecular weight is 415 g/mol. The van der Waals surface area contributed by atoms with Crippen molar-refractivity contribution in [3.63, 3.8) is 0 Å². The van der Waals surface area contributed by atoms with Crippen LogP contribution in [-0.4, -0.2) is 47.5 Å². The lowest BCUT2D eigenvalue weighted by Crippen LogP contribution is -2.39. The van der Waals surface area contributed by atoms with Crippen molar-refractivity contribution in [3.8, 4) is 0 Å². The number of likely N-dealkylation sites (tertiary alicyclic amines) is 1. The maximum absolute atomic E-state index is 12.8. The van der Waals surface area contributed by atoms with Crippen LogP contribution in [0.15, 0.2) is 54.7 Å². The van der Waals surface area contributed by atoms with Crippen LogP contribution in [-0.2, 0) is 0 Å². The molecular formula is C26H30N4O. The van der Waals surface area contributed by atoms with E-state index in [1.807, 2.05) is 36.4 Å². The molecule has 2 saturated heterocycles. The molecule has 5 nitrogen and oxygen atoms in total. The number of rotatable bonds is 4. The summed E-state index contributed by atoms with van der Waals surface area (Å²) in [5.41, 5.74) is 4.65. The van der Waals surface area contributed by atoms with Crippen LogP contribution in [0.5, 0.6) is 0 Å². The fourth-order valence-corrected chi connectivity index (χ4v) is 5.12. The molecule has 2 unspecified atom stereocenters. The highest BCUT2D eigenvalue weighted by atomic mass is 16.1. The lowest BCUT2D eigenvalue weighted by atomic mass is 10.1. The molecule has 2 fully saturated rings. The Hall–Kier alpha value is -2.92. The van der Waals surface area contributed by atoms with Crippen molar-refractivity contribution >= 4 is 28.2 Å². The van der Waals surface area contributed by atoms with Crippen molar-refractivity contribution in [2.75, 3.05) is 29.9 Å². The van der Waals surface area contributed by atoms with Gasteiger partial charge in [0, 0.05) is 48.1 Å². The molecule has 0 spiro atoms. The van der Waals surface area contributed by atoms with Gasteiger partial charge in [0.05, 0.1) is 11.1 Å². The third-order valence-corrected chi connectivity index (χ3v) is 6.91. The molecule has 0 saturated carbocycles. The molecule has 2 aliphatic heterocycles. The van der Waals surface area contributed by atoms with Gasteiger partial charge in [-0.05, 0) is 75.5 Å². The monoisotopic (exact) mass is 414 g/mol. The van der Waals surface area contributed by atoms with Gasteiger partial charge in [-0.15, -0.1) is 0 Å². The Kier molecular flexibility index (Phi) is 5.36. The number of hydrogen-bond acceptors (Lipinski definition) is 4. The summed E-state index contributed by atoms with van der Waals surface area (Å²) in [6.07, 6.45) is 5.54.